The smallest absolute Gasteiger partial charge is 0.325 e. The van der Waals surface area contributed by atoms with Gasteiger partial charge in [0.1, 0.15) is 13.2 Å². The van der Waals surface area contributed by atoms with Crippen LogP contribution in [0.4, 0.5) is 5.69 Å². The van der Waals surface area contributed by atoms with Crippen LogP contribution in [0, 0.1) is 6.92 Å². The average Bonchev–Trinajstić information content (AvgIpc) is 2.29. The van der Waals surface area contributed by atoms with Gasteiger partial charge in [-0.2, -0.15) is 0 Å². The molecule has 0 unspecified atom stereocenters. The highest BCUT2D eigenvalue weighted by Gasteiger charge is 2.01. The number of aryl methyl sites for hydroxylation is 1. The van der Waals surface area contributed by atoms with Gasteiger partial charge in [-0.25, -0.2) is 0 Å². The Morgan fingerprint density at radius 1 is 1.25 bits per heavy atom. The number of carbonyl (C=O) groups excluding carboxylic acids is 1. The number of carbonyl (C=O) groups is 1. The normalized spacial score (nSPS) is 9.88. The van der Waals surface area contributed by atoms with Crippen LogP contribution in [0.5, 0.6) is 0 Å². The molecule has 0 amide bonds. The van der Waals surface area contributed by atoms with Crippen molar-refractivity contribution in [3.8, 4) is 0 Å². The summed E-state index contributed by atoms with van der Waals surface area (Å²) in [6.45, 7) is 2.91. The van der Waals surface area contributed by atoms with Crippen molar-refractivity contribution >= 4 is 11.7 Å². The second-order valence-corrected chi connectivity index (χ2v) is 3.43. The Kier molecular flexibility index (Phi) is 5.36. The van der Waals surface area contributed by atoms with Crippen molar-refractivity contribution in [3.63, 3.8) is 0 Å². The van der Waals surface area contributed by atoms with Gasteiger partial charge < -0.3 is 14.8 Å². The molecular formula is C12H17NO3. The first-order valence-electron chi connectivity index (χ1n) is 5.17. The number of anilines is 1. The molecular weight excluding hydrogens is 206 g/mol. The lowest BCUT2D eigenvalue weighted by Crippen LogP contribution is -2.18. The number of rotatable bonds is 6. The van der Waals surface area contributed by atoms with E-state index in [2.05, 4.69) is 5.32 Å². The molecule has 88 valence electrons. The van der Waals surface area contributed by atoms with Crippen LogP contribution in [0.25, 0.3) is 0 Å². The number of esters is 1. The zero-order valence-electron chi connectivity index (χ0n) is 9.66. The van der Waals surface area contributed by atoms with Gasteiger partial charge in [-0.1, -0.05) is 17.7 Å². The van der Waals surface area contributed by atoms with E-state index < -0.39 is 0 Å². The van der Waals surface area contributed by atoms with Crippen LogP contribution >= 0.6 is 0 Å². The maximum Gasteiger partial charge on any atom is 0.325 e. The van der Waals surface area contributed by atoms with Gasteiger partial charge >= 0.3 is 5.97 Å². The van der Waals surface area contributed by atoms with Gasteiger partial charge in [0.15, 0.2) is 0 Å². The Morgan fingerprint density at radius 2 is 1.94 bits per heavy atom. The fourth-order valence-corrected chi connectivity index (χ4v) is 1.14. The quantitative estimate of drug-likeness (QED) is 0.587. The van der Waals surface area contributed by atoms with Gasteiger partial charge in [-0.3, -0.25) is 4.79 Å². The molecule has 1 aromatic carbocycles. The van der Waals surface area contributed by atoms with Gasteiger partial charge in [0.25, 0.3) is 0 Å². The van der Waals surface area contributed by atoms with E-state index in [0.717, 1.165) is 5.69 Å². The second-order valence-electron chi connectivity index (χ2n) is 3.43. The SMILES string of the molecule is COCCOC(=O)CNc1ccc(C)cc1. The first-order valence-corrected chi connectivity index (χ1v) is 5.17. The average molecular weight is 223 g/mol. The van der Waals surface area contributed by atoms with Crippen LogP contribution < -0.4 is 5.32 Å². The standard InChI is InChI=1S/C12H17NO3/c1-10-3-5-11(6-4-10)13-9-12(14)16-8-7-15-2/h3-6,13H,7-9H2,1-2H3. The molecule has 1 N–H and O–H groups in total. The summed E-state index contributed by atoms with van der Waals surface area (Å²) in [6.07, 6.45) is 0. The molecule has 4 heteroatoms. The Morgan fingerprint density at radius 3 is 2.56 bits per heavy atom. The van der Waals surface area contributed by atoms with E-state index in [4.69, 9.17) is 9.47 Å². The molecule has 0 spiro atoms. The molecule has 1 rings (SSSR count). The number of nitrogens with one attached hydrogen (secondary N) is 1. The molecule has 0 aliphatic heterocycles. The molecule has 0 heterocycles. The van der Waals surface area contributed by atoms with Crippen molar-refractivity contribution in [1.82, 2.24) is 0 Å². The number of methoxy groups -OCH3 is 1. The molecule has 0 bridgehead atoms. The Bertz CT molecular complexity index is 322. The van der Waals surface area contributed by atoms with Gasteiger partial charge in [-0.05, 0) is 19.1 Å². The summed E-state index contributed by atoms with van der Waals surface area (Å²) >= 11 is 0. The lowest BCUT2D eigenvalue weighted by atomic mass is 10.2. The minimum Gasteiger partial charge on any atom is -0.462 e. The fraction of sp³-hybridized carbons (Fsp3) is 0.417. The highest BCUT2D eigenvalue weighted by molar-refractivity contribution is 5.74. The van der Waals surface area contributed by atoms with Crippen molar-refractivity contribution in [2.45, 2.75) is 6.92 Å². The molecule has 0 radical (unpaired) electrons. The third-order valence-corrected chi connectivity index (χ3v) is 2.04. The third-order valence-electron chi connectivity index (χ3n) is 2.04. The fourth-order valence-electron chi connectivity index (χ4n) is 1.14. The van der Waals surface area contributed by atoms with Gasteiger partial charge in [0, 0.05) is 12.8 Å². The lowest BCUT2D eigenvalue weighted by molar-refractivity contribution is -0.142. The van der Waals surface area contributed by atoms with E-state index in [9.17, 15) is 4.79 Å². The van der Waals surface area contributed by atoms with Crippen molar-refractivity contribution < 1.29 is 14.3 Å². The van der Waals surface area contributed by atoms with E-state index in [-0.39, 0.29) is 12.5 Å². The van der Waals surface area contributed by atoms with Crippen LogP contribution in [0.2, 0.25) is 0 Å². The van der Waals surface area contributed by atoms with E-state index in [0.29, 0.717) is 13.2 Å². The number of hydrogen-bond acceptors (Lipinski definition) is 4. The Balaban J connectivity index is 2.23. The summed E-state index contributed by atoms with van der Waals surface area (Å²) in [7, 11) is 1.57. The highest BCUT2D eigenvalue weighted by Crippen LogP contribution is 2.07. The zero-order valence-corrected chi connectivity index (χ0v) is 9.66. The highest BCUT2D eigenvalue weighted by atomic mass is 16.6. The Hall–Kier alpha value is -1.55. The topological polar surface area (TPSA) is 47.6 Å². The van der Waals surface area contributed by atoms with Crippen LogP contribution in [-0.2, 0) is 14.3 Å². The van der Waals surface area contributed by atoms with E-state index in [1.165, 1.54) is 5.56 Å². The number of benzene rings is 1. The van der Waals surface area contributed by atoms with Gasteiger partial charge in [0.2, 0.25) is 0 Å². The molecule has 0 aromatic heterocycles. The predicted octanol–water partition coefficient (Wildman–Crippen LogP) is 1.60. The van der Waals surface area contributed by atoms with Gasteiger partial charge in [-0.15, -0.1) is 0 Å². The molecule has 0 saturated heterocycles. The summed E-state index contributed by atoms with van der Waals surface area (Å²) in [5, 5.41) is 2.98. The molecule has 0 atom stereocenters. The summed E-state index contributed by atoms with van der Waals surface area (Å²) in [4.78, 5) is 11.2. The van der Waals surface area contributed by atoms with Crippen LogP contribution in [-0.4, -0.2) is 32.8 Å². The van der Waals surface area contributed by atoms with E-state index in [1.54, 1.807) is 7.11 Å². The summed E-state index contributed by atoms with van der Waals surface area (Å²) in [5.41, 5.74) is 2.10. The molecule has 1 aromatic rings. The summed E-state index contributed by atoms with van der Waals surface area (Å²) < 4.78 is 9.67. The molecule has 4 nitrogen and oxygen atoms in total. The summed E-state index contributed by atoms with van der Waals surface area (Å²) in [6, 6.07) is 7.83. The Labute approximate surface area is 95.6 Å². The molecule has 16 heavy (non-hydrogen) atoms. The van der Waals surface area contributed by atoms with Crippen LogP contribution in [0.3, 0.4) is 0 Å². The minimum atomic E-state index is -0.280. The lowest BCUT2D eigenvalue weighted by Gasteiger charge is -2.07. The van der Waals surface area contributed by atoms with E-state index in [1.807, 2.05) is 31.2 Å². The second kappa shape index (κ2) is 6.85. The van der Waals surface area contributed by atoms with Crippen LogP contribution in [0.1, 0.15) is 5.56 Å². The van der Waals surface area contributed by atoms with E-state index >= 15 is 0 Å². The van der Waals surface area contributed by atoms with Gasteiger partial charge in [0.05, 0.1) is 6.61 Å². The molecule has 0 saturated carbocycles. The maximum absolute atomic E-state index is 11.2. The monoisotopic (exact) mass is 223 g/mol. The van der Waals surface area contributed by atoms with Crippen molar-refractivity contribution in [1.29, 1.82) is 0 Å². The number of ether oxygens (including phenoxy) is 2. The number of hydrogen-bond donors (Lipinski definition) is 1. The van der Waals surface area contributed by atoms with Crippen molar-refractivity contribution in [2.75, 3.05) is 32.2 Å². The first kappa shape index (κ1) is 12.5. The zero-order chi connectivity index (χ0) is 11.8. The largest absolute Gasteiger partial charge is 0.462 e. The molecule has 0 aliphatic rings. The minimum absolute atomic E-state index is 0.173. The summed E-state index contributed by atoms with van der Waals surface area (Å²) in [5.74, 6) is -0.280. The van der Waals surface area contributed by atoms with Crippen molar-refractivity contribution in [3.05, 3.63) is 29.8 Å². The van der Waals surface area contributed by atoms with Crippen LogP contribution in [0.15, 0.2) is 24.3 Å². The first-order chi connectivity index (χ1) is 7.72. The van der Waals surface area contributed by atoms with Crippen molar-refractivity contribution in [2.24, 2.45) is 0 Å². The predicted molar refractivity (Wildman–Crippen MR) is 62.5 cm³/mol. The maximum atomic E-state index is 11.2. The molecule has 0 fully saturated rings. The molecule has 0 aliphatic carbocycles. The third kappa shape index (κ3) is 4.79.